The Bertz CT molecular complexity index is 608. The van der Waals surface area contributed by atoms with Crippen LogP contribution in [0.15, 0.2) is 36.7 Å². The van der Waals surface area contributed by atoms with Gasteiger partial charge in [-0.3, -0.25) is 4.79 Å². The predicted octanol–water partition coefficient (Wildman–Crippen LogP) is 2.98. The first-order valence-corrected chi connectivity index (χ1v) is 5.76. The number of aromatic nitrogens is 2. The smallest absolute Gasteiger partial charge is 0.387 e. The number of carbonyl (C=O) groups is 1. The highest BCUT2D eigenvalue weighted by Gasteiger charge is 2.10. The SMILES string of the molecule is O=C(Nc1cccc(OC(F)F)c1)c1cnc(Cl)cn1. The molecule has 8 heteroatoms. The highest BCUT2D eigenvalue weighted by molar-refractivity contribution is 6.29. The van der Waals surface area contributed by atoms with Gasteiger partial charge in [0.05, 0.1) is 12.4 Å². The van der Waals surface area contributed by atoms with Crippen molar-refractivity contribution in [1.29, 1.82) is 0 Å². The molecule has 0 atom stereocenters. The molecule has 0 saturated carbocycles. The van der Waals surface area contributed by atoms with E-state index in [4.69, 9.17) is 11.6 Å². The fourth-order valence-corrected chi connectivity index (χ4v) is 1.47. The second kappa shape index (κ2) is 6.25. The van der Waals surface area contributed by atoms with Crippen LogP contribution < -0.4 is 10.1 Å². The minimum absolute atomic E-state index is 0.0505. The van der Waals surface area contributed by atoms with Crippen molar-refractivity contribution in [3.8, 4) is 5.75 Å². The summed E-state index contributed by atoms with van der Waals surface area (Å²) in [5.74, 6) is -0.594. The van der Waals surface area contributed by atoms with E-state index in [2.05, 4.69) is 20.0 Å². The van der Waals surface area contributed by atoms with E-state index in [1.165, 1.54) is 36.7 Å². The number of benzene rings is 1. The molecule has 5 nitrogen and oxygen atoms in total. The number of ether oxygens (including phenoxy) is 1. The van der Waals surface area contributed by atoms with Gasteiger partial charge in [-0.25, -0.2) is 9.97 Å². The summed E-state index contributed by atoms with van der Waals surface area (Å²) in [5, 5.41) is 2.64. The van der Waals surface area contributed by atoms with Crippen LogP contribution in [0.25, 0.3) is 0 Å². The number of amides is 1. The number of carbonyl (C=O) groups excluding carboxylic acids is 1. The molecule has 0 unspecified atom stereocenters. The summed E-state index contributed by atoms with van der Waals surface area (Å²) in [6, 6.07) is 5.62. The molecule has 1 N–H and O–H groups in total. The second-order valence-electron chi connectivity index (χ2n) is 3.58. The fraction of sp³-hybridized carbons (Fsp3) is 0.0833. The molecule has 1 aromatic carbocycles. The van der Waals surface area contributed by atoms with Gasteiger partial charge < -0.3 is 10.1 Å². The molecule has 20 heavy (non-hydrogen) atoms. The van der Waals surface area contributed by atoms with E-state index in [0.717, 1.165) is 0 Å². The van der Waals surface area contributed by atoms with Crippen LogP contribution >= 0.6 is 11.6 Å². The summed E-state index contributed by atoms with van der Waals surface area (Å²) >= 11 is 5.55. The maximum absolute atomic E-state index is 12.1. The Hall–Kier alpha value is -2.28. The van der Waals surface area contributed by atoms with Crippen LogP contribution in [0.3, 0.4) is 0 Å². The summed E-state index contributed by atoms with van der Waals surface area (Å²) < 4.78 is 28.4. The number of anilines is 1. The van der Waals surface area contributed by atoms with Crippen LogP contribution in [0.5, 0.6) is 5.75 Å². The molecule has 1 amide bonds. The molecule has 104 valence electrons. The normalized spacial score (nSPS) is 10.4. The van der Waals surface area contributed by atoms with E-state index in [9.17, 15) is 13.6 Å². The van der Waals surface area contributed by atoms with Crippen molar-refractivity contribution in [2.75, 3.05) is 5.32 Å². The van der Waals surface area contributed by atoms with Crippen LogP contribution in [0.1, 0.15) is 10.5 Å². The molecule has 0 aliphatic heterocycles. The van der Waals surface area contributed by atoms with Gasteiger partial charge in [0, 0.05) is 11.8 Å². The van der Waals surface area contributed by atoms with E-state index in [1.54, 1.807) is 0 Å². The molecule has 2 aromatic rings. The summed E-state index contributed by atoms with van der Waals surface area (Å²) in [7, 11) is 0. The summed E-state index contributed by atoms with van der Waals surface area (Å²) in [4.78, 5) is 19.3. The molecule has 0 bridgehead atoms. The zero-order valence-corrected chi connectivity index (χ0v) is 10.6. The Balaban J connectivity index is 2.09. The largest absolute Gasteiger partial charge is 0.435 e. The number of nitrogens with zero attached hydrogens (tertiary/aromatic N) is 2. The third kappa shape index (κ3) is 3.86. The third-order valence-corrected chi connectivity index (χ3v) is 2.37. The number of rotatable bonds is 4. The Morgan fingerprint density at radius 3 is 2.75 bits per heavy atom. The van der Waals surface area contributed by atoms with Gasteiger partial charge in [-0.05, 0) is 12.1 Å². The van der Waals surface area contributed by atoms with Gasteiger partial charge in [0.15, 0.2) is 0 Å². The quantitative estimate of drug-likeness (QED) is 0.942. The molecule has 0 spiro atoms. The number of hydrogen-bond acceptors (Lipinski definition) is 4. The van der Waals surface area contributed by atoms with Crippen molar-refractivity contribution < 1.29 is 18.3 Å². The van der Waals surface area contributed by atoms with E-state index < -0.39 is 12.5 Å². The zero-order chi connectivity index (χ0) is 14.5. The third-order valence-electron chi connectivity index (χ3n) is 2.17. The van der Waals surface area contributed by atoms with Crippen molar-refractivity contribution in [3.63, 3.8) is 0 Å². The standard InChI is InChI=1S/C12H8ClF2N3O2/c13-10-6-16-9(5-17-10)11(19)18-7-2-1-3-8(4-7)20-12(14)15/h1-6,12H,(H,18,19). The molecule has 0 saturated heterocycles. The van der Waals surface area contributed by atoms with Crippen LogP contribution in [0.2, 0.25) is 5.15 Å². The van der Waals surface area contributed by atoms with E-state index in [0.29, 0.717) is 5.69 Å². The van der Waals surface area contributed by atoms with Gasteiger partial charge in [-0.2, -0.15) is 8.78 Å². The average molecular weight is 300 g/mol. The Labute approximate surface area is 117 Å². The molecule has 0 fully saturated rings. The molecule has 0 aliphatic carbocycles. The number of nitrogens with one attached hydrogen (secondary N) is 1. The van der Waals surface area contributed by atoms with Crippen molar-refractivity contribution in [2.45, 2.75) is 6.61 Å². The molecular formula is C12H8ClF2N3O2. The lowest BCUT2D eigenvalue weighted by Crippen LogP contribution is -2.14. The molecule has 1 aromatic heterocycles. The second-order valence-corrected chi connectivity index (χ2v) is 3.97. The van der Waals surface area contributed by atoms with Crippen molar-refractivity contribution >= 4 is 23.2 Å². The Kier molecular flexibility index (Phi) is 4.41. The summed E-state index contributed by atoms with van der Waals surface area (Å²) in [6.07, 6.45) is 2.43. The molecule has 0 aliphatic rings. The van der Waals surface area contributed by atoms with Crippen LogP contribution in [0.4, 0.5) is 14.5 Å². The van der Waals surface area contributed by atoms with Gasteiger partial charge in [0.25, 0.3) is 5.91 Å². The molecule has 0 radical (unpaired) electrons. The monoisotopic (exact) mass is 299 g/mol. The van der Waals surface area contributed by atoms with Crippen LogP contribution in [-0.4, -0.2) is 22.5 Å². The maximum Gasteiger partial charge on any atom is 0.387 e. The number of alkyl halides is 2. The Morgan fingerprint density at radius 2 is 2.10 bits per heavy atom. The molecule has 2 rings (SSSR count). The summed E-state index contributed by atoms with van der Waals surface area (Å²) in [6.45, 7) is -2.93. The average Bonchev–Trinajstić information content (AvgIpc) is 2.39. The van der Waals surface area contributed by atoms with E-state index in [1.807, 2.05) is 0 Å². The van der Waals surface area contributed by atoms with Crippen molar-refractivity contribution in [2.24, 2.45) is 0 Å². The van der Waals surface area contributed by atoms with Crippen LogP contribution in [0, 0.1) is 0 Å². The van der Waals surface area contributed by atoms with Crippen molar-refractivity contribution in [1.82, 2.24) is 9.97 Å². The van der Waals surface area contributed by atoms with Gasteiger partial charge in [-0.15, -0.1) is 0 Å². The maximum atomic E-state index is 12.1. The van der Waals surface area contributed by atoms with Crippen LogP contribution in [-0.2, 0) is 0 Å². The first-order valence-electron chi connectivity index (χ1n) is 5.38. The highest BCUT2D eigenvalue weighted by Crippen LogP contribution is 2.19. The first kappa shape index (κ1) is 14.1. The van der Waals surface area contributed by atoms with E-state index >= 15 is 0 Å². The molecular weight excluding hydrogens is 292 g/mol. The van der Waals surface area contributed by atoms with E-state index in [-0.39, 0.29) is 16.6 Å². The van der Waals surface area contributed by atoms with Gasteiger partial charge in [-0.1, -0.05) is 17.7 Å². The Morgan fingerprint density at radius 1 is 1.30 bits per heavy atom. The summed E-state index contributed by atoms with van der Waals surface area (Å²) in [5.41, 5.74) is 0.347. The van der Waals surface area contributed by atoms with Gasteiger partial charge >= 0.3 is 6.61 Å². The lowest BCUT2D eigenvalue weighted by Gasteiger charge is -2.08. The van der Waals surface area contributed by atoms with Crippen molar-refractivity contribution in [3.05, 3.63) is 47.5 Å². The van der Waals surface area contributed by atoms with Gasteiger partial charge in [0.2, 0.25) is 0 Å². The molecule has 1 heterocycles. The predicted molar refractivity (Wildman–Crippen MR) is 68.1 cm³/mol. The number of hydrogen-bond donors (Lipinski definition) is 1. The lowest BCUT2D eigenvalue weighted by atomic mass is 10.3. The highest BCUT2D eigenvalue weighted by atomic mass is 35.5. The lowest BCUT2D eigenvalue weighted by molar-refractivity contribution is -0.0497. The zero-order valence-electron chi connectivity index (χ0n) is 9.89. The first-order chi connectivity index (χ1) is 9.54. The number of halogens is 3. The minimum Gasteiger partial charge on any atom is -0.435 e. The van der Waals surface area contributed by atoms with Gasteiger partial charge in [0.1, 0.15) is 16.6 Å². The fourth-order valence-electron chi connectivity index (χ4n) is 1.37. The topological polar surface area (TPSA) is 64.1 Å². The minimum atomic E-state index is -2.93.